The normalized spacial score (nSPS) is 11.7. The van der Waals surface area contributed by atoms with Crippen molar-refractivity contribution in [1.82, 2.24) is 0 Å². The summed E-state index contributed by atoms with van der Waals surface area (Å²) in [5.74, 6) is 0.461. The number of anilines is 1. The Morgan fingerprint density at radius 1 is 0.912 bits per heavy atom. The van der Waals surface area contributed by atoms with Crippen LogP contribution >= 0.6 is 11.6 Å². The number of nitrogens with zero attached hydrogens (tertiary/aromatic N) is 2. The Morgan fingerprint density at radius 2 is 1.56 bits per heavy atom. The lowest BCUT2D eigenvalue weighted by Crippen LogP contribution is -2.32. The molecule has 34 heavy (non-hydrogen) atoms. The fourth-order valence-electron chi connectivity index (χ4n) is 2.95. The van der Waals surface area contributed by atoms with Crippen LogP contribution in [0.15, 0.2) is 40.6 Å². The number of rotatable bonds is 13. The summed E-state index contributed by atoms with van der Waals surface area (Å²) in [7, 11) is 0. The first-order valence-electron chi connectivity index (χ1n) is 11.1. The maximum Gasteiger partial charge on any atom is 0.258 e. The van der Waals surface area contributed by atoms with Crippen LogP contribution in [-0.4, -0.2) is 44.2 Å². The van der Waals surface area contributed by atoms with Crippen LogP contribution in [0, 0.1) is 0 Å². The van der Waals surface area contributed by atoms with Crippen molar-refractivity contribution in [2.75, 3.05) is 31.7 Å². The van der Waals surface area contributed by atoms with Crippen molar-refractivity contribution in [3.8, 4) is 23.0 Å². The molecule has 1 unspecified atom stereocenters. The lowest BCUT2D eigenvalue weighted by atomic mass is 10.2. The van der Waals surface area contributed by atoms with Crippen LogP contribution in [0.1, 0.15) is 34.6 Å². The minimum atomic E-state index is -1.39. The van der Waals surface area contributed by atoms with Crippen molar-refractivity contribution < 1.29 is 28.5 Å². The molecule has 9 nitrogen and oxygen atoms in total. The van der Waals surface area contributed by atoms with E-state index < -0.39 is 17.7 Å². The van der Waals surface area contributed by atoms with Crippen LogP contribution in [-0.2, 0) is 9.59 Å². The highest BCUT2D eigenvalue weighted by Crippen LogP contribution is 2.41. The molecule has 0 spiro atoms. The van der Waals surface area contributed by atoms with Gasteiger partial charge >= 0.3 is 0 Å². The largest absolute Gasteiger partial charge is 0.494 e. The number of ketones is 1. The third-order valence-electron chi connectivity index (χ3n) is 4.36. The minimum absolute atomic E-state index is 0.273. The Hall–Kier alpha value is -3.33. The number of nitrogens with one attached hydrogen (secondary N) is 1. The minimum Gasteiger partial charge on any atom is -0.494 e. The summed E-state index contributed by atoms with van der Waals surface area (Å²) in [5.41, 5.74) is 0.668. The third kappa shape index (κ3) is 7.08. The molecule has 0 fully saturated rings. The fraction of sp³-hybridized carbons (Fsp3) is 0.417. The molecule has 2 rings (SSSR count). The molecule has 0 radical (unpaired) electrons. The van der Waals surface area contributed by atoms with E-state index in [4.69, 9.17) is 30.5 Å². The maximum atomic E-state index is 13.0. The first-order chi connectivity index (χ1) is 16.4. The zero-order valence-corrected chi connectivity index (χ0v) is 20.8. The lowest BCUT2D eigenvalue weighted by molar-refractivity contribution is -0.126. The van der Waals surface area contributed by atoms with E-state index in [0.29, 0.717) is 60.1 Å². The van der Waals surface area contributed by atoms with E-state index in [9.17, 15) is 9.59 Å². The first-order valence-corrected chi connectivity index (χ1v) is 11.4. The molecule has 1 atom stereocenters. The number of amides is 1. The molecule has 2 aromatic rings. The van der Waals surface area contributed by atoms with Gasteiger partial charge in [-0.3, -0.25) is 9.59 Å². The van der Waals surface area contributed by atoms with Gasteiger partial charge in [0, 0.05) is 6.07 Å². The summed E-state index contributed by atoms with van der Waals surface area (Å²) in [5, 5.41) is 11.1. The highest BCUT2D eigenvalue weighted by Gasteiger charge is 2.26. The molecule has 184 valence electrons. The van der Waals surface area contributed by atoms with E-state index in [1.54, 1.807) is 44.2 Å². The summed E-state index contributed by atoms with van der Waals surface area (Å²) >= 11 is 6.23. The van der Waals surface area contributed by atoms with Crippen LogP contribution in [0.2, 0.25) is 5.02 Å². The Labute approximate surface area is 204 Å². The number of ether oxygens (including phenoxy) is 4. The predicted molar refractivity (Wildman–Crippen MR) is 130 cm³/mol. The highest BCUT2D eigenvalue weighted by atomic mass is 35.5. The average molecular weight is 492 g/mol. The molecular formula is C24H30ClN3O6. The van der Waals surface area contributed by atoms with Crippen molar-refractivity contribution in [3.05, 3.63) is 35.4 Å². The average Bonchev–Trinajstić information content (AvgIpc) is 2.79. The molecule has 0 heterocycles. The molecule has 1 amide bonds. The van der Waals surface area contributed by atoms with E-state index >= 15 is 0 Å². The van der Waals surface area contributed by atoms with Gasteiger partial charge < -0.3 is 24.3 Å². The first kappa shape index (κ1) is 26.9. The quantitative estimate of drug-likeness (QED) is 0.288. The van der Waals surface area contributed by atoms with E-state index in [0.717, 1.165) is 0 Å². The molecule has 10 heteroatoms. The summed E-state index contributed by atoms with van der Waals surface area (Å²) in [6.45, 7) is 10.1. The standard InChI is InChI=1S/C24H30ClN3O6/c1-6-31-16-10-12-18(20(14-16)32-7-2)27-28-21(15(5)29)24(30)26-19-13-11-17(25)22(33-8-3)23(19)34-9-4/h10-14,21H,6-9H2,1-5H3,(H,26,30). The van der Waals surface area contributed by atoms with Gasteiger partial charge in [-0.05, 0) is 58.9 Å². The van der Waals surface area contributed by atoms with Crippen LogP contribution in [0.5, 0.6) is 23.0 Å². The van der Waals surface area contributed by atoms with E-state index in [-0.39, 0.29) is 5.75 Å². The van der Waals surface area contributed by atoms with Crippen LogP contribution < -0.4 is 24.3 Å². The highest BCUT2D eigenvalue weighted by molar-refractivity contribution is 6.32. The van der Waals surface area contributed by atoms with Crippen molar-refractivity contribution in [3.63, 3.8) is 0 Å². The van der Waals surface area contributed by atoms with Gasteiger partial charge in [0.05, 0.1) is 37.1 Å². The second kappa shape index (κ2) is 13.4. The van der Waals surface area contributed by atoms with Crippen molar-refractivity contribution in [2.24, 2.45) is 10.2 Å². The fourth-order valence-corrected chi connectivity index (χ4v) is 3.15. The molecular weight excluding hydrogens is 462 g/mol. The van der Waals surface area contributed by atoms with Gasteiger partial charge in [0.25, 0.3) is 5.91 Å². The van der Waals surface area contributed by atoms with Crippen molar-refractivity contribution in [2.45, 2.75) is 40.7 Å². The van der Waals surface area contributed by atoms with E-state index in [2.05, 4.69) is 15.5 Å². The summed E-state index contributed by atoms with van der Waals surface area (Å²) in [6, 6.07) is 6.80. The Kier molecular flexibility index (Phi) is 10.6. The number of carbonyl (C=O) groups is 2. The Bertz CT molecular complexity index is 1030. The second-order valence-electron chi connectivity index (χ2n) is 6.83. The smallest absolute Gasteiger partial charge is 0.258 e. The van der Waals surface area contributed by atoms with Crippen molar-refractivity contribution >= 4 is 34.7 Å². The van der Waals surface area contributed by atoms with Gasteiger partial charge in [-0.15, -0.1) is 0 Å². The third-order valence-corrected chi connectivity index (χ3v) is 4.65. The van der Waals surface area contributed by atoms with Crippen LogP contribution in [0.3, 0.4) is 0 Å². The number of azo groups is 1. The molecule has 0 bridgehead atoms. The topological polar surface area (TPSA) is 108 Å². The molecule has 2 aromatic carbocycles. The number of hydrogen-bond acceptors (Lipinski definition) is 8. The van der Waals surface area contributed by atoms with Gasteiger partial charge in [0.1, 0.15) is 17.2 Å². The number of Topliss-reactive ketones (excluding diaryl/α,β-unsaturated/α-hetero) is 1. The SMILES string of the molecule is CCOc1ccc(N=NC(C(C)=O)C(=O)Nc2ccc(Cl)c(OCC)c2OCC)c(OCC)c1. The molecule has 1 N–H and O–H groups in total. The van der Waals surface area contributed by atoms with Gasteiger partial charge in [-0.1, -0.05) is 11.6 Å². The van der Waals surface area contributed by atoms with Gasteiger partial charge in [0.2, 0.25) is 6.04 Å². The monoisotopic (exact) mass is 491 g/mol. The molecule has 0 saturated carbocycles. The van der Waals surface area contributed by atoms with Crippen LogP contribution in [0.4, 0.5) is 11.4 Å². The summed E-state index contributed by atoms with van der Waals surface area (Å²) in [6.07, 6.45) is 0. The molecule has 0 aliphatic rings. The molecule has 0 aromatic heterocycles. The molecule has 0 aliphatic heterocycles. The van der Waals surface area contributed by atoms with Gasteiger partial charge in [0.15, 0.2) is 17.3 Å². The van der Waals surface area contributed by atoms with E-state index in [1.807, 2.05) is 13.8 Å². The van der Waals surface area contributed by atoms with Gasteiger partial charge in [-0.2, -0.15) is 10.2 Å². The van der Waals surface area contributed by atoms with Crippen LogP contribution in [0.25, 0.3) is 0 Å². The number of halogens is 1. The molecule has 0 aliphatic carbocycles. The second-order valence-corrected chi connectivity index (χ2v) is 7.24. The number of hydrogen-bond donors (Lipinski definition) is 1. The number of benzene rings is 2. The number of carbonyl (C=O) groups excluding carboxylic acids is 2. The Morgan fingerprint density at radius 3 is 2.18 bits per heavy atom. The van der Waals surface area contributed by atoms with Gasteiger partial charge in [-0.25, -0.2) is 0 Å². The zero-order chi connectivity index (χ0) is 25.1. The Balaban J connectivity index is 2.33. The van der Waals surface area contributed by atoms with Crippen molar-refractivity contribution in [1.29, 1.82) is 0 Å². The zero-order valence-electron chi connectivity index (χ0n) is 20.0. The lowest BCUT2D eigenvalue weighted by Gasteiger charge is -2.17. The van der Waals surface area contributed by atoms with E-state index in [1.165, 1.54) is 6.92 Å². The maximum absolute atomic E-state index is 13.0. The predicted octanol–water partition coefficient (Wildman–Crippen LogP) is 5.61. The molecule has 0 saturated heterocycles. The summed E-state index contributed by atoms with van der Waals surface area (Å²) in [4.78, 5) is 25.2. The summed E-state index contributed by atoms with van der Waals surface area (Å²) < 4.78 is 22.3.